The van der Waals surface area contributed by atoms with Gasteiger partial charge < -0.3 is 15.2 Å². The van der Waals surface area contributed by atoms with Gasteiger partial charge in [0.25, 0.3) is 0 Å². The van der Waals surface area contributed by atoms with Crippen LogP contribution in [0.1, 0.15) is 39.7 Å². The van der Waals surface area contributed by atoms with Crippen LogP contribution in [-0.4, -0.2) is 30.9 Å². The Bertz CT molecular complexity index is 377. The molecule has 0 aliphatic heterocycles. The minimum absolute atomic E-state index is 0.323. The Balaban J connectivity index is 0.00000191. The number of ether oxygens (including phenoxy) is 1. The molecular formula is C18H31NO2. The Morgan fingerprint density at radius 1 is 1.29 bits per heavy atom. The molecule has 1 aromatic rings. The van der Waals surface area contributed by atoms with Crippen molar-refractivity contribution in [3.05, 3.63) is 42.0 Å². The highest BCUT2D eigenvalue weighted by molar-refractivity contribution is 5.34. The molecule has 0 fully saturated rings. The highest BCUT2D eigenvalue weighted by Gasteiger charge is 2.06. The van der Waals surface area contributed by atoms with Crippen molar-refractivity contribution < 1.29 is 9.84 Å². The summed E-state index contributed by atoms with van der Waals surface area (Å²) in [4.78, 5) is 0. The number of aliphatic hydroxyl groups is 1. The lowest BCUT2D eigenvalue weighted by molar-refractivity contribution is 0.106. The van der Waals surface area contributed by atoms with E-state index in [4.69, 9.17) is 4.74 Å². The number of hydrogen-bond acceptors (Lipinski definition) is 3. The first-order valence-electron chi connectivity index (χ1n) is 7.98. The average molecular weight is 293 g/mol. The molecular weight excluding hydrogens is 262 g/mol. The molecule has 0 aromatic heterocycles. The van der Waals surface area contributed by atoms with Crippen LogP contribution in [0.2, 0.25) is 0 Å². The number of aliphatic hydroxyl groups excluding tert-OH is 1. The second-order valence-corrected chi connectivity index (χ2v) is 4.55. The Kier molecular flexibility index (Phi) is 12.8. The van der Waals surface area contributed by atoms with Gasteiger partial charge in [0, 0.05) is 6.54 Å². The van der Waals surface area contributed by atoms with Gasteiger partial charge in [-0.25, -0.2) is 0 Å². The van der Waals surface area contributed by atoms with Crippen molar-refractivity contribution in [2.75, 3.05) is 19.7 Å². The van der Waals surface area contributed by atoms with Gasteiger partial charge in [0.1, 0.15) is 18.5 Å². The maximum atomic E-state index is 9.80. The van der Waals surface area contributed by atoms with Crippen molar-refractivity contribution in [1.29, 1.82) is 0 Å². The monoisotopic (exact) mass is 293 g/mol. The standard InChI is InChI=1S/C16H25NO2.C2H6/c1-3-5-8-14-9-6-7-10-16(14)19-13-15(18)12-17-11-4-2;1-2/h3,5-7,9-10,15,17-18H,4,8,11-13H2,1-2H3;1-2H3/b5-3+;. The first-order valence-corrected chi connectivity index (χ1v) is 7.98. The van der Waals surface area contributed by atoms with Crippen LogP contribution < -0.4 is 10.1 Å². The van der Waals surface area contributed by atoms with E-state index in [-0.39, 0.29) is 0 Å². The number of benzene rings is 1. The van der Waals surface area contributed by atoms with Gasteiger partial charge in [-0.05, 0) is 37.9 Å². The normalized spacial score (nSPS) is 11.9. The summed E-state index contributed by atoms with van der Waals surface area (Å²) >= 11 is 0. The lowest BCUT2D eigenvalue weighted by Crippen LogP contribution is -2.31. The summed E-state index contributed by atoms with van der Waals surface area (Å²) in [5, 5.41) is 13.0. The number of nitrogens with one attached hydrogen (secondary N) is 1. The second kappa shape index (κ2) is 13.7. The Morgan fingerprint density at radius 3 is 2.67 bits per heavy atom. The number of rotatable bonds is 9. The third-order valence-corrected chi connectivity index (χ3v) is 2.78. The molecule has 0 saturated heterocycles. The average Bonchev–Trinajstić information content (AvgIpc) is 2.54. The van der Waals surface area contributed by atoms with Crippen LogP contribution >= 0.6 is 0 Å². The van der Waals surface area contributed by atoms with Crippen LogP contribution in [-0.2, 0) is 6.42 Å². The summed E-state index contributed by atoms with van der Waals surface area (Å²) in [6, 6.07) is 7.96. The van der Waals surface area contributed by atoms with Crippen molar-refractivity contribution in [2.24, 2.45) is 0 Å². The smallest absolute Gasteiger partial charge is 0.122 e. The molecule has 3 nitrogen and oxygen atoms in total. The van der Waals surface area contributed by atoms with E-state index in [0.717, 1.165) is 30.7 Å². The molecule has 120 valence electrons. The Morgan fingerprint density at radius 2 is 2.00 bits per heavy atom. The summed E-state index contributed by atoms with van der Waals surface area (Å²) in [5.74, 6) is 0.857. The number of allylic oxidation sites excluding steroid dienone is 2. The van der Waals surface area contributed by atoms with Crippen molar-refractivity contribution in [1.82, 2.24) is 5.32 Å². The predicted octanol–water partition coefficient (Wildman–Crippen LogP) is 3.57. The van der Waals surface area contributed by atoms with E-state index in [1.54, 1.807) is 0 Å². The van der Waals surface area contributed by atoms with E-state index in [1.165, 1.54) is 0 Å². The molecule has 0 aliphatic carbocycles. The van der Waals surface area contributed by atoms with Gasteiger partial charge in [0.2, 0.25) is 0 Å². The molecule has 0 aliphatic rings. The number of hydrogen-bond donors (Lipinski definition) is 2. The summed E-state index contributed by atoms with van der Waals surface area (Å²) in [5.41, 5.74) is 1.15. The zero-order valence-electron chi connectivity index (χ0n) is 13.9. The quantitative estimate of drug-likeness (QED) is 0.540. The SMILES string of the molecule is C/C=C/Cc1ccccc1OCC(O)CNCCC.CC. The van der Waals surface area contributed by atoms with Gasteiger partial charge >= 0.3 is 0 Å². The minimum atomic E-state index is -0.471. The Labute approximate surface area is 130 Å². The third kappa shape index (κ3) is 9.27. The molecule has 0 spiro atoms. The zero-order chi connectivity index (χ0) is 15.9. The summed E-state index contributed by atoms with van der Waals surface area (Å²) in [6.45, 7) is 9.93. The minimum Gasteiger partial charge on any atom is -0.491 e. The molecule has 3 heteroatoms. The molecule has 1 rings (SSSR count). The molecule has 0 amide bonds. The fourth-order valence-corrected chi connectivity index (χ4v) is 1.75. The van der Waals surface area contributed by atoms with Crippen LogP contribution in [0.3, 0.4) is 0 Å². The first-order chi connectivity index (χ1) is 10.3. The van der Waals surface area contributed by atoms with Crippen molar-refractivity contribution in [2.45, 2.75) is 46.6 Å². The highest BCUT2D eigenvalue weighted by atomic mass is 16.5. The Hall–Kier alpha value is -1.32. The molecule has 0 heterocycles. The van der Waals surface area contributed by atoms with E-state index < -0.39 is 6.10 Å². The van der Waals surface area contributed by atoms with Crippen molar-refractivity contribution in [3.63, 3.8) is 0 Å². The van der Waals surface area contributed by atoms with Gasteiger partial charge in [0.15, 0.2) is 0 Å². The van der Waals surface area contributed by atoms with E-state index in [9.17, 15) is 5.11 Å². The lowest BCUT2D eigenvalue weighted by Gasteiger charge is -2.15. The maximum absolute atomic E-state index is 9.80. The summed E-state index contributed by atoms with van der Waals surface area (Å²) in [6.07, 6.45) is 5.58. The maximum Gasteiger partial charge on any atom is 0.122 e. The molecule has 2 N–H and O–H groups in total. The summed E-state index contributed by atoms with van der Waals surface area (Å²) < 4.78 is 5.70. The van der Waals surface area contributed by atoms with Crippen LogP contribution in [0.4, 0.5) is 0 Å². The van der Waals surface area contributed by atoms with E-state index >= 15 is 0 Å². The molecule has 1 unspecified atom stereocenters. The largest absolute Gasteiger partial charge is 0.491 e. The van der Waals surface area contributed by atoms with E-state index in [1.807, 2.05) is 45.0 Å². The van der Waals surface area contributed by atoms with E-state index in [2.05, 4.69) is 24.4 Å². The fourth-order valence-electron chi connectivity index (χ4n) is 1.75. The topological polar surface area (TPSA) is 41.5 Å². The third-order valence-electron chi connectivity index (χ3n) is 2.78. The lowest BCUT2D eigenvalue weighted by atomic mass is 10.1. The number of para-hydroxylation sites is 1. The molecule has 0 bridgehead atoms. The first kappa shape index (κ1) is 19.7. The van der Waals surface area contributed by atoms with Crippen molar-refractivity contribution in [3.8, 4) is 5.75 Å². The van der Waals surface area contributed by atoms with Gasteiger partial charge in [-0.1, -0.05) is 51.1 Å². The molecule has 1 atom stereocenters. The van der Waals surface area contributed by atoms with Gasteiger partial charge in [-0.3, -0.25) is 0 Å². The van der Waals surface area contributed by atoms with Crippen molar-refractivity contribution >= 4 is 0 Å². The van der Waals surface area contributed by atoms with E-state index in [0.29, 0.717) is 13.2 Å². The molecule has 0 radical (unpaired) electrons. The molecule has 1 aromatic carbocycles. The highest BCUT2D eigenvalue weighted by Crippen LogP contribution is 2.19. The predicted molar refractivity (Wildman–Crippen MR) is 91.0 cm³/mol. The van der Waals surface area contributed by atoms with Gasteiger partial charge in [0.05, 0.1) is 0 Å². The molecule has 21 heavy (non-hydrogen) atoms. The zero-order valence-corrected chi connectivity index (χ0v) is 13.9. The fraction of sp³-hybridized carbons (Fsp3) is 0.556. The van der Waals surface area contributed by atoms with Crippen LogP contribution in [0.15, 0.2) is 36.4 Å². The van der Waals surface area contributed by atoms with Gasteiger partial charge in [-0.15, -0.1) is 0 Å². The molecule has 0 saturated carbocycles. The van der Waals surface area contributed by atoms with Gasteiger partial charge in [-0.2, -0.15) is 0 Å². The van der Waals surface area contributed by atoms with Crippen LogP contribution in [0.25, 0.3) is 0 Å². The van der Waals surface area contributed by atoms with Crippen LogP contribution in [0, 0.1) is 0 Å². The second-order valence-electron chi connectivity index (χ2n) is 4.55. The summed E-state index contributed by atoms with van der Waals surface area (Å²) in [7, 11) is 0. The van der Waals surface area contributed by atoms with Crippen LogP contribution in [0.5, 0.6) is 5.75 Å².